The van der Waals surface area contributed by atoms with Gasteiger partial charge in [0.1, 0.15) is 0 Å². The van der Waals surface area contributed by atoms with Gasteiger partial charge in [0.15, 0.2) is 0 Å². The smallest absolute Gasteiger partial charge is 0.0189 e. The van der Waals surface area contributed by atoms with Gasteiger partial charge in [-0.05, 0) is 167 Å². The summed E-state index contributed by atoms with van der Waals surface area (Å²) in [7, 11) is 0. The van der Waals surface area contributed by atoms with Crippen molar-refractivity contribution in [2.75, 3.05) is 5.75 Å². The molecule has 0 saturated carbocycles. The van der Waals surface area contributed by atoms with Crippen molar-refractivity contribution in [3.63, 3.8) is 0 Å². The molecular weight excluding hydrogens is 693 g/mol. The molecule has 0 aromatic heterocycles. The van der Waals surface area contributed by atoms with Crippen molar-refractivity contribution in [3.05, 3.63) is 191 Å². The van der Waals surface area contributed by atoms with Crippen molar-refractivity contribution in [2.45, 2.75) is 72.6 Å². The van der Waals surface area contributed by atoms with E-state index < -0.39 is 0 Å². The van der Waals surface area contributed by atoms with Crippen LogP contribution in [0.3, 0.4) is 0 Å². The lowest BCUT2D eigenvalue weighted by molar-refractivity contribution is 1.12. The van der Waals surface area contributed by atoms with E-state index >= 15 is 0 Å². The quantitative estimate of drug-likeness (QED) is 0.133. The number of aryl methyl sites for hydroxylation is 2. The van der Waals surface area contributed by atoms with Crippen molar-refractivity contribution < 1.29 is 0 Å². The Labute approximate surface area is 340 Å². The van der Waals surface area contributed by atoms with Crippen molar-refractivity contribution in [1.82, 2.24) is 0 Å². The van der Waals surface area contributed by atoms with Gasteiger partial charge in [0.25, 0.3) is 0 Å². The predicted molar refractivity (Wildman–Crippen MR) is 247 cm³/mol. The first kappa shape index (κ1) is 38.9. The number of allylic oxidation sites excluding steroid dienone is 7. The van der Waals surface area contributed by atoms with E-state index in [2.05, 4.69) is 200 Å². The van der Waals surface area contributed by atoms with Crippen LogP contribution in [0.15, 0.2) is 168 Å². The Balaban J connectivity index is 1.21. The van der Waals surface area contributed by atoms with Crippen LogP contribution < -0.4 is 0 Å². The van der Waals surface area contributed by atoms with Gasteiger partial charge in [0, 0.05) is 10.6 Å². The van der Waals surface area contributed by atoms with Crippen LogP contribution in [0.4, 0.5) is 0 Å². The number of thioether (sulfide) groups is 1. The van der Waals surface area contributed by atoms with Gasteiger partial charge in [-0.2, -0.15) is 0 Å². The number of fused-ring (bicyclic) bond motifs is 1. The van der Waals surface area contributed by atoms with Crippen molar-refractivity contribution in [1.29, 1.82) is 0 Å². The van der Waals surface area contributed by atoms with Crippen molar-refractivity contribution >= 4 is 17.3 Å². The zero-order valence-corrected chi connectivity index (χ0v) is 35.0. The summed E-state index contributed by atoms with van der Waals surface area (Å²) in [6.07, 6.45) is 14.4. The highest BCUT2D eigenvalue weighted by Crippen LogP contribution is 2.40. The fraction of sp³-hybridized carbons (Fsp3) is 0.200. The Morgan fingerprint density at radius 3 is 1.66 bits per heavy atom. The fourth-order valence-corrected chi connectivity index (χ4v) is 9.02. The summed E-state index contributed by atoms with van der Waals surface area (Å²) in [5.74, 6) is 0.972. The van der Waals surface area contributed by atoms with E-state index in [0.29, 0.717) is 0 Å². The van der Waals surface area contributed by atoms with Crippen molar-refractivity contribution in [3.8, 4) is 55.6 Å². The minimum atomic E-state index is 0.957. The van der Waals surface area contributed by atoms with E-state index in [0.717, 1.165) is 25.0 Å². The maximum Gasteiger partial charge on any atom is 0.0189 e. The summed E-state index contributed by atoms with van der Waals surface area (Å²) < 4.78 is 0. The molecule has 0 aliphatic carbocycles. The highest BCUT2D eigenvalue weighted by molar-refractivity contribution is 7.99. The van der Waals surface area contributed by atoms with Crippen LogP contribution in [0.1, 0.15) is 68.9 Å². The number of rotatable bonds is 9. The second-order valence-electron chi connectivity index (χ2n) is 15.3. The number of benzene rings is 6. The van der Waals surface area contributed by atoms with E-state index in [1.165, 1.54) is 105 Å². The van der Waals surface area contributed by atoms with Gasteiger partial charge in [-0.25, -0.2) is 0 Å². The number of hydrogen-bond donors (Lipinski definition) is 0. The topological polar surface area (TPSA) is 0 Å². The molecule has 1 aliphatic rings. The molecule has 0 spiro atoms. The Bertz CT molecular complexity index is 2520. The van der Waals surface area contributed by atoms with Crippen LogP contribution in [0, 0.1) is 13.8 Å². The Morgan fingerprint density at radius 1 is 0.607 bits per heavy atom. The molecule has 1 heterocycles. The Morgan fingerprint density at radius 2 is 1.11 bits per heavy atom. The van der Waals surface area contributed by atoms with Crippen molar-refractivity contribution in [2.24, 2.45) is 0 Å². The van der Waals surface area contributed by atoms with Gasteiger partial charge < -0.3 is 0 Å². The third kappa shape index (κ3) is 8.70. The Hall–Kier alpha value is -5.37. The van der Waals surface area contributed by atoms with Gasteiger partial charge >= 0.3 is 0 Å². The molecule has 0 nitrogen and oxygen atoms in total. The summed E-state index contributed by atoms with van der Waals surface area (Å²) >= 11 is 1.95. The molecule has 1 heteroatoms. The fourth-order valence-electron chi connectivity index (χ4n) is 8.00. The highest BCUT2D eigenvalue weighted by Gasteiger charge is 2.16. The van der Waals surface area contributed by atoms with Gasteiger partial charge in [0.2, 0.25) is 0 Å². The van der Waals surface area contributed by atoms with E-state index in [-0.39, 0.29) is 0 Å². The monoisotopic (exact) mass is 746 g/mol. The maximum absolute atomic E-state index is 2.38. The molecule has 0 bridgehead atoms. The third-order valence-corrected chi connectivity index (χ3v) is 12.2. The minimum Gasteiger partial charge on any atom is -0.121 e. The summed E-state index contributed by atoms with van der Waals surface area (Å²) in [6.45, 7) is 15.6. The second-order valence-corrected chi connectivity index (χ2v) is 16.3. The molecule has 0 saturated heterocycles. The summed E-state index contributed by atoms with van der Waals surface area (Å²) in [5.41, 5.74) is 23.4. The average Bonchev–Trinajstić information content (AvgIpc) is 3.32. The third-order valence-electron chi connectivity index (χ3n) is 11.1. The van der Waals surface area contributed by atoms with E-state index in [4.69, 9.17) is 0 Å². The largest absolute Gasteiger partial charge is 0.121 e. The molecule has 0 fully saturated rings. The molecule has 0 unspecified atom stereocenters. The van der Waals surface area contributed by atoms with Crippen LogP contribution in [0.25, 0.3) is 61.2 Å². The number of hydrogen-bond acceptors (Lipinski definition) is 1. The maximum atomic E-state index is 2.38. The molecule has 56 heavy (non-hydrogen) atoms. The highest BCUT2D eigenvalue weighted by atomic mass is 32.2. The van der Waals surface area contributed by atoms with Crippen LogP contribution in [-0.2, 0) is 12.8 Å². The first-order valence-electron chi connectivity index (χ1n) is 20.2. The van der Waals surface area contributed by atoms with E-state index in [9.17, 15) is 0 Å². The molecule has 7 rings (SSSR count). The first-order chi connectivity index (χ1) is 27.2. The normalized spacial score (nSPS) is 14.9. The van der Waals surface area contributed by atoms with Crippen LogP contribution in [-0.4, -0.2) is 5.75 Å². The van der Waals surface area contributed by atoms with E-state index in [1.807, 2.05) is 11.8 Å². The SMILES string of the molecule is CC/C=C\C(C)=C(/C)c1cc(C)cc(-c2cccc(-c3cccc(-c4cccc(-c5cccc(-c6cc(C)cc7c6SC/C=C\C(C)=C/C7)c5)c4)c3)c2)c1CC. The minimum absolute atomic E-state index is 0.957. The molecule has 280 valence electrons. The van der Waals surface area contributed by atoms with Gasteiger partial charge in [-0.3, -0.25) is 0 Å². The molecule has 6 aromatic carbocycles. The molecule has 0 atom stereocenters. The van der Waals surface area contributed by atoms with Gasteiger partial charge in [-0.15, -0.1) is 11.8 Å². The zero-order valence-electron chi connectivity index (χ0n) is 34.2. The lowest BCUT2D eigenvalue weighted by atomic mass is 9.86. The average molecular weight is 747 g/mol. The van der Waals surface area contributed by atoms with E-state index in [1.54, 1.807) is 0 Å². The zero-order chi connectivity index (χ0) is 39.2. The predicted octanol–water partition coefficient (Wildman–Crippen LogP) is 16.1. The van der Waals surface area contributed by atoms with Crippen LogP contribution >= 0.6 is 11.8 Å². The summed E-state index contributed by atoms with van der Waals surface area (Å²) in [5, 5.41) is 0. The molecule has 0 N–H and O–H groups in total. The van der Waals surface area contributed by atoms with Crippen LogP contribution in [0.5, 0.6) is 0 Å². The van der Waals surface area contributed by atoms with Gasteiger partial charge in [-0.1, -0.05) is 152 Å². The lowest BCUT2D eigenvalue weighted by Gasteiger charge is -2.18. The molecule has 0 radical (unpaired) electrons. The Kier molecular flexibility index (Phi) is 12.2. The van der Waals surface area contributed by atoms with Crippen LogP contribution in [0.2, 0.25) is 0 Å². The summed E-state index contributed by atoms with van der Waals surface area (Å²) in [6, 6.07) is 45.8. The first-order valence-corrected chi connectivity index (χ1v) is 21.2. The summed E-state index contributed by atoms with van der Waals surface area (Å²) in [4.78, 5) is 1.40. The van der Waals surface area contributed by atoms with Gasteiger partial charge in [0.05, 0.1) is 0 Å². The standard InChI is InChI=1S/C55H54S/c1-8-10-17-40(6)41(7)52-30-39(5)31-53(51(52)9-2)48-24-13-22-46(35-48)44-20-11-18-42(33-44)43-19-12-21-45(34-43)47-23-14-25-49(36-47)54-32-38(4)29-50-27-26-37(3)16-15-28-56-55(50)54/h10-26,29-36H,8-9,27-28H2,1-7H3/b16-15-,17-10-,37-26-,41-40+. The molecule has 6 aromatic rings. The lowest BCUT2D eigenvalue weighted by Crippen LogP contribution is -1.98. The molecular formula is C55H54S. The molecule has 0 amide bonds. The molecule has 1 aliphatic heterocycles. The second kappa shape index (κ2) is 17.6.